The maximum absolute atomic E-state index is 12.1. The molecule has 24 heavy (non-hydrogen) atoms. The molecule has 7 nitrogen and oxygen atoms in total. The Kier molecular flexibility index (Phi) is 5.23. The molecule has 0 aliphatic carbocycles. The highest BCUT2D eigenvalue weighted by Crippen LogP contribution is 2.19. The predicted molar refractivity (Wildman–Crippen MR) is 87.3 cm³/mol. The highest BCUT2D eigenvalue weighted by Gasteiger charge is 2.26. The minimum absolute atomic E-state index is 0.185. The van der Waals surface area contributed by atoms with Crippen molar-refractivity contribution in [3.05, 3.63) is 36.0 Å². The van der Waals surface area contributed by atoms with Crippen molar-refractivity contribution < 1.29 is 23.9 Å². The van der Waals surface area contributed by atoms with Crippen LogP contribution in [0.5, 0.6) is 0 Å². The molecule has 128 valence electrons. The standard InChI is InChI=1S/C17H20N2O5/c1-17(2,3)24-16(22)23-15(21)14(19-10-20)8-11-9-18-13-7-5-4-6-12(11)13/h4-7,9-10,14,18H,8H2,1-3H3,(H,19,20)/t14-/m1/s1. The van der Waals surface area contributed by atoms with Crippen LogP contribution in [-0.2, 0) is 25.5 Å². The summed E-state index contributed by atoms with van der Waals surface area (Å²) in [5, 5.41) is 3.31. The molecule has 0 radical (unpaired) electrons. The average molecular weight is 332 g/mol. The number of H-pyrrole nitrogens is 1. The van der Waals surface area contributed by atoms with Gasteiger partial charge in [-0.25, -0.2) is 9.59 Å². The second kappa shape index (κ2) is 7.16. The van der Waals surface area contributed by atoms with Gasteiger partial charge < -0.3 is 19.8 Å². The van der Waals surface area contributed by atoms with Gasteiger partial charge in [0.15, 0.2) is 0 Å². The summed E-state index contributed by atoms with van der Waals surface area (Å²) in [6.07, 6.45) is 1.25. The Bertz CT molecular complexity index is 745. The summed E-state index contributed by atoms with van der Waals surface area (Å²) in [4.78, 5) is 37.6. The lowest BCUT2D eigenvalue weighted by Crippen LogP contribution is -2.40. The summed E-state index contributed by atoms with van der Waals surface area (Å²) in [6.45, 7) is 4.98. The number of benzene rings is 1. The molecular formula is C17H20N2O5. The minimum atomic E-state index is -1.09. The number of fused-ring (bicyclic) bond motifs is 1. The van der Waals surface area contributed by atoms with Gasteiger partial charge in [0.1, 0.15) is 11.6 Å². The van der Waals surface area contributed by atoms with Crippen molar-refractivity contribution in [2.45, 2.75) is 38.8 Å². The Morgan fingerprint density at radius 1 is 1.29 bits per heavy atom. The van der Waals surface area contributed by atoms with E-state index in [-0.39, 0.29) is 6.42 Å². The second-order valence-corrected chi connectivity index (χ2v) is 6.29. The number of aromatic amines is 1. The van der Waals surface area contributed by atoms with E-state index in [1.54, 1.807) is 27.0 Å². The normalized spacial score (nSPS) is 12.5. The van der Waals surface area contributed by atoms with E-state index >= 15 is 0 Å². The van der Waals surface area contributed by atoms with Gasteiger partial charge in [-0.05, 0) is 32.4 Å². The smallest absolute Gasteiger partial charge is 0.428 e. The van der Waals surface area contributed by atoms with Crippen LogP contribution in [0.15, 0.2) is 30.5 Å². The van der Waals surface area contributed by atoms with E-state index in [2.05, 4.69) is 15.0 Å². The Balaban J connectivity index is 2.10. The molecule has 1 aromatic heterocycles. The van der Waals surface area contributed by atoms with Crippen LogP contribution in [-0.4, -0.2) is 35.2 Å². The maximum Gasteiger partial charge on any atom is 0.516 e. The first kappa shape index (κ1) is 17.5. The molecule has 0 spiro atoms. The van der Waals surface area contributed by atoms with Crippen LogP contribution >= 0.6 is 0 Å². The van der Waals surface area contributed by atoms with E-state index in [4.69, 9.17) is 4.74 Å². The number of hydrogen-bond donors (Lipinski definition) is 2. The van der Waals surface area contributed by atoms with Gasteiger partial charge in [0.25, 0.3) is 0 Å². The molecule has 1 atom stereocenters. The van der Waals surface area contributed by atoms with Gasteiger partial charge in [-0.1, -0.05) is 18.2 Å². The van der Waals surface area contributed by atoms with E-state index < -0.39 is 23.8 Å². The lowest BCUT2D eigenvalue weighted by Gasteiger charge is -2.19. The van der Waals surface area contributed by atoms with E-state index in [1.165, 1.54) is 0 Å². The van der Waals surface area contributed by atoms with Crippen molar-refractivity contribution in [1.82, 2.24) is 10.3 Å². The number of amides is 1. The van der Waals surface area contributed by atoms with Crippen LogP contribution in [0.1, 0.15) is 26.3 Å². The van der Waals surface area contributed by atoms with Crippen molar-refractivity contribution in [3.63, 3.8) is 0 Å². The topological polar surface area (TPSA) is 97.5 Å². The monoisotopic (exact) mass is 332 g/mol. The molecule has 0 bridgehead atoms. The molecule has 0 aliphatic rings. The summed E-state index contributed by atoms with van der Waals surface area (Å²) in [5.41, 5.74) is 0.964. The number of ether oxygens (including phenoxy) is 2. The van der Waals surface area contributed by atoms with Crippen LogP contribution in [0.25, 0.3) is 10.9 Å². The van der Waals surface area contributed by atoms with Gasteiger partial charge in [0.2, 0.25) is 6.41 Å². The predicted octanol–water partition coefficient (Wildman–Crippen LogP) is 2.30. The van der Waals surface area contributed by atoms with Gasteiger partial charge in [0, 0.05) is 23.5 Å². The largest absolute Gasteiger partial charge is 0.516 e. The zero-order chi connectivity index (χ0) is 17.7. The third-order valence-electron chi connectivity index (χ3n) is 3.23. The van der Waals surface area contributed by atoms with E-state index in [1.807, 2.05) is 24.3 Å². The third-order valence-corrected chi connectivity index (χ3v) is 3.23. The minimum Gasteiger partial charge on any atom is -0.428 e. The van der Waals surface area contributed by atoms with Crippen molar-refractivity contribution >= 4 is 29.4 Å². The van der Waals surface area contributed by atoms with Crippen molar-refractivity contribution in [3.8, 4) is 0 Å². The average Bonchev–Trinajstić information content (AvgIpc) is 2.88. The van der Waals surface area contributed by atoms with Crippen LogP contribution in [0.2, 0.25) is 0 Å². The van der Waals surface area contributed by atoms with Crippen LogP contribution in [0.3, 0.4) is 0 Å². The van der Waals surface area contributed by atoms with Crippen LogP contribution in [0.4, 0.5) is 4.79 Å². The van der Waals surface area contributed by atoms with E-state index in [0.29, 0.717) is 6.41 Å². The highest BCUT2D eigenvalue weighted by molar-refractivity contribution is 5.88. The first-order valence-corrected chi connectivity index (χ1v) is 7.49. The summed E-state index contributed by atoms with van der Waals surface area (Å²) in [5.74, 6) is -0.873. The Hall–Kier alpha value is -2.83. The Labute approximate surface area is 139 Å². The molecule has 1 aromatic carbocycles. The Morgan fingerprint density at radius 3 is 2.67 bits per heavy atom. The summed E-state index contributed by atoms with van der Waals surface area (Å²) in [6, 6.07) is 6.58. The number of rotatable bonds is 5. The molecule has 1 heterocycles. The fraction of sp³-hybridized carbons (Fsp3) is 0.353. The number of nitrogens with one attached hydrogen (secondary N) is 2. The van der Waals surface area contributed by atoms with Crippen molar-refractivity contribution in [2.75, 3.05) is 0 Å². The summed E-state index contributed by atoms with van der Waals surface area (Å²) >= 11 is 0. The van der Waals surface area contributed by atoms with E-state index in [9.17, 15) is 14.4 Å². The van der Waals surface area contributed by atoms with Gasteiger partial charge in [-0.3, -0.25) is 4.79 Å². The molecular weight excluding hydrogens is 312 g/mol. The fourth-order valence-corrected chi connectivity index (χ4v) is 2.24. The van der Waals surface area contributed by atoms with Gasteiger partial charge >= 0.3 is 12.1 Å². The first-order chi connectivity index (χ1) is 11.3. The quantitative estimate of drug-likeness (QED) is 0.497. The highest BCUT2D eigenvalue weighted by atomic mass is 16.7. The lowest BCUT2D eigenvalue weighted by atomic mass is 10.1. The molecule has 7 heteroatoms. The SMILES string of the molecule is CC(C)(C)OC(=O)OC(=O)[C@@H](Cc1c[nH]c2ccccc12)NC=O. The second-order valence-electron chi connectivity index (χ2n) is 6.29. The number of carbonyl (C=O) groups is 3. The number of carbonyl (C=O) groups excluding carboxylic acids is 3. The Morgan fingerprint density at radius 2 is 2.00 bits per heavy atom. The maximum atomic E-state index is 12.1. The number of para-hydroxylation sites is 1. The van der Waals surface area contributed by atoms with Gasteiger partial charge in [-0.2, -0.15) is 0 Å². The lowest BCUT2D eigenvalue weighted by molar-refractivity contribution is -0.144. The fourth-order valence-electron chi connectivity index (χ4n) is 2.24. The molecule has 0 aliphatic heterocycles. The molecule has 0 saturated heterocycles. The third kappa shape index (κ3) is 4.58. The van der Waals surface area contributed by atoms with Gasteiger partial charge in [0.05, 0.1) is 0 Å². The van der Waals surface area contributed by atoms with Crippen LogP contribution < -0.4 is 5.32 Å². The first-order valence-electron chi connectivity index (χ1n) is 7.49. The molecule has 2 N–H and O–H groups in total. The molecule has 2 aromatic rings. The van der Waals surface area contributed by atoms with Crippen molar-refractivity contribution in [2.24, 2.45) is 0 Å². The van der Waals surface area contributed by atoms with Gasteiger partial charge in [-0.15, -0.1) is 0 Å². The summed E-state index contributed by atoms with van der Waals surface area (Å²) in [7, 11) is 0. The van der Waals surface area contributed by atoms with E-state index in [0.717, 1.165) is 16.5 Å². The zero-order valence-electron chi connectivity index (χ0n) is 13.8. The molecule has 1 amide bonds. The molecule has 2 rings (SSSR count). The number of aromatic nitrogens is 1. The molecule has 0 fully saturated rings. The van der Waals surface area contributed by atoms with Crippen molar-refractivity contribution in [1.29, 1.82) is 0 Å². The number of esters is 1. The zero-order valence-corrected chi connectivity index (χ0v) is 13.8. The molecule has 0 saturated carbocycles. The van der Waals surface area contributed by atoms with Crippen LogP contribution in [0, 0.1) is 0 Å². The summed E-state index contributed by atoms with van der Waals surface area (Å²) < 4.78 is 9.61. The number of hydrogen-bond acceptors (Lipinski definition) is 5. The molecule has 0 unspecified atom stereocenters.